The molecule has 1 aliphatic rings. The molecule has 1 N–H and O–H groups in total. The van der Waals surface area contributed by atoms with Crippen LogP contribution in [0.25, 0.3) is 0 Å². The van der Waals surface area contributed by atoms with Gasteiger partial charge in [0.15, 0.2) is 0 Å². The molecular weight excluding hydrogens is 264 g/mol. The van der Waals surface area contributed by atoms with E-state index in [1.807, 2.05) is 31.2 Å². The normalized spacial score (nSPS) is 18.2. The van der Waals surface area contributed by atoms with Crippen molar-refractivity contribution in [3.05, 3.63) is 34.9 Å². The first-order valence-electron chi connectivity index (χ1n) is 6.40. The van der Waals surface area contributed by atoms with Gasteiger partial charge in [-0.1, -0.05) is 23.7 Å². The number of rotatable bonds is 4. The number of hydrogen-bond donors (Lipinski definition) is 1. The van der Waals surface area contributed by atoms with Gasteiger partial charge < -0.3 is 10.2 Å². The second kappa shape index (κ2) is 6.06. The van der Waals surface area contributed by atoms with E-state index in [-0.39, 0.29) is 17.7 Å². The molecule has 0 aliphatic carbocycles. The second-order valence-corrected chi connectivity index (χ2v) is 5.12. The van der Waals surface area contributed by atoms with Crippen molar-refractivity contribution in [1.29, 1.82) is 0 Å². The minimum absolute atomic E-state index is 0.0285. The fourth-order valence-corrected chi connectivity index (χ4v) is 2.45. The summed E-state index contributed by atoms with van der Waals surface area (Å²) >= 11 is 5.94. The molecule has 1 fully saturated rings. The molecule has 1 aliphatic heterocycles. The van der Waals surface area contributed by atoms with Crippen LogP contribution in [-0.2, 0) is 16.1 Å². The van der Waals surface area contributed by atoms with Gasteiger partial charge in [-0.15, -0.1) is 0 Å². The Morgan fingerprint density at radius 3 is 2.89 bits per heavy atom. The summed E-state index contributed by atoms with van der Waals surface area (Å²) in [4.78, 5) is 25.2. The third kappa shape index (κ3) is 3.47. The van der Waals surface area contributed by atoms with E-state index in [9.17, 15) is 9.59 Å². The summed E-state index contributed by atoms with van der Waals surface area (Å²) in [5.74, 6) is -0.246. The molecule has 19 heavy (non-hydrogen) atoms. The van der Waals surface area contributed by atoms with Crippen molar-refractivity contribution in [2.24, 2.45) is 5.92 Å². The summed E-state index contributed by atoms with van der Waals surface area (Å²) < 4.78 is 0. The Morgan fingerprint density at radius 2 is 2.32 bits per heavy atom. The predicted octanol–water partition coefficient (Wildman–Crippen LogP) is 1.82. The van der Waals surface area contributed by atoms with Gasteiger partial charge in [0.05, 0.1) is 5.92 Å². The molecule has 102 valence electrons. The Hall–Kier alpha value is -1.55. The van der Waals surface area contributed by atoms with Crippen LogP contribution in [0.2, 0.25) is 5.02 Å². The van der Waals surface area contributed by atoms with Gasteiger partial charge in [0.25, 0.3) is 0 Å². The van der Waals surface area contributed by atoms with E-state index >= 15 is 0 Å². The average Bonchev–Trinajstić information content (AvgIpc) is 2.82. The molecule has 5 heteroatoms. The molecule has 0 saturated carbocycles. The lowest BCUT2D eigenvalue weighted by molar-refractivity contribution is -0.136. The van der Waals surface area contributed by atoms with Crippen molar-refractivity contribution in [3.8, 4) is 0 Å². The zero-order chi connectivity index (χ0) is 13.8. The molecule has 0 bridgehead atoms. The molecule has 2 rings (SSSR count). The summed E-state index contributed by atoms with van der Waals surface area (Å²) in [6, 6.07) is 7.48. The van der Waals surface area contributed by atoms with Crippen LogP contribution in [0, 0.1) is 5.92 Å². The molecule has 1 unspecified atom stereocenters. The van der Waals surface area contributed by atoms with Gasteiger partial charge in [0.2, 0.25) is 11.8 Å². The van der Waals surface area contributed by atoms with Crippen molar-refractivity contribution >= 4 is 23.4 Å². The standard InChI is InChI=1S/C14H17ClN2O2/c1-2-17(9-10-4-3-5-12(15)6-10)14(19)11-7-13(18)16-8-11/h3-6,11H,2,7-9H2,1H3,(H,16,18). The van der Waals surface area contributed by atoms with Crippen LogP contribution < -0.4 is 5.32 Å². The van der Waals surface area contributed by atoms with E-state index < -0.39 is 0 Å². The van der Waals surface area contributed by atoms with Crippen LogP contribution in [0.5, 0.6) is 0 Å². The van der Waals surface area contributed by atoms with E-state index in [1.54, 1.807) is 4.90 Å². The number of amides is 2. The first-order chi connectivity index (χ1) is 9.10. The van der Waals surface area contributed by atoms with Crippen LogP contribution in [0.3, 0.4) is 0 Å². The third-order valence-electron chi connectivity index (χ3n) is 3.28. The highest BCUT2D eigenvalue weighted by atomic mass is 35.5. The summed E-state index contributed by atoms with van der Waals surface area (Å²) in [7, 11) is 0. The van der Waals surface area contributed by atoms with Crippen molar-refractivity contribution in [3.63, 3.8) is 0 Å². The summed E-state index contributed by atoms with van der Waals surface area (Å²) in [6.45, 7) is 3.53. The van der Waals surface area contributed by atoms with Gasteiger partial charge in [-0.25, -0.2) is 0 Å². The van der Waals surface area contributed by atoms with E-state index in [4.69, 9.17) is 11.6 Å². The minimum Gasteiger partial charge on any atom is -0.355 e. The molecule has 2 amide bonds. The molecule has 1 saturated heterocycles. The molecule has 1 heterocycles. The van der Waals surface area contributed by atoms with Crippen LogP contribution in [-0.4, -0.2) is 29.8 Å². The number of carbonyl (C=O) groups is 2. The van der Waals surface area contributed by atoms with Gasteiger partial charge in [-0.05, 0) is 24.6 Å². The molecule has 0 radical (unpaired) electrons. The summed E-state index contributed by atoms with van der Waals surface area (Å²) in [5, 5.41) is 3.36. The van der Waals surface area contributed by atoms with Crippen LogP contribution in [0.15, 0.2) is 24.3 Å². The van der Waals surface area contributed by atoms with E-state index in [1.165, 1.54) is 0 Å². The highest BCUT2D eigenvalue weighted by Crippen LogP contribution is 2.17. The zero-order valence-electron chi connectivity index (χ0n) is 10.9. The SMILES string of the molecule is CCN(Cc1cccc(Cl)c1)C(=O)C1CNC(=O)C1. The van der Waals surface area contributed by atoms with Gasteiger partial charge in [-0.3, -0.25) is 9.59 Å². The van der Waals surface area contributed by atoms with Gasteiger partial charge in [0.1, 0.15) is 0 Å². The molecular formula is C14H17ClN2O2. The number of benzene rings is 1. The lowest BCUT2D eigenvalue weighted by atomic mass is 10.1. The lowest BCUT2D eigenvalue weighted by Crippen LogP contribution is -2.36. The largest absolute Gasteiger partial charge is 0.355 e. The molecule has 1 aromatic rings. The maximum atomic E-state index is 12.3. The van der Waals surface area contributed by atoms with Gasteiger partial charge in [-0.2, -0.15) is 0 Å². The summed E-state index contributed by atoms with van der Waals surface area (Å²) in [6.07, 6.45) is 0.297. The monoisotopic (exact) mass is 280 g/mol. The average molecular weight is 281 g/mol. The lowest BCUT2D eigenvalue weighted by Gasteiger charge is -2.23. The quantitative estimate of drug-likeness (QED) is 0.915. The summed E-state index contributed by atoms with van der Waals surface area (Å²) in [5.41, 5.74) is 1.000. The highest BCUT2D eigenvalue weighted by molar-refractivity contribution is 6.30. The molecule has 0 spiro atoms. The van der Waals surface area contributed by atoms with Crippen LogP contribution in [0.1, 0.15) is 18.9 Å². The molecule has 1 atom stereocenters. The Kier molecular flexibility index (Phi) is 4.43. The molecule has 4 nitrogen and oxygen atoms in total. The van der Waals surface area contributed by atoms with E-state index in [0.717, 1.165) is 5.56 Å². The third-order valence-corrected chi connectivity index (χ3v) is 3.52. The van der Waals surface area contributed by atoms with Crippen LogP contribution in [0.4, 0.5) is 0 Å². The Labute approximate surface area is 117 Å². The predicted molar refractivity (Wildman–Crippen MR) is 73.7 cm³/mol. The Morgan fingerprint density at radius 1 is 1.53 bits per heavy atom. The highest BCUT2D eigenvalue weighted by Gasteiger charge is 2.30. The van der Waals surface area contributed by atoms with Crippen molar-refractivity contribution in [1.82, 2.24) is 10.2 Å². The Balaban J connectivity index is 2.03. The zero-order valence-corrected chi connectivity index (χ0v) is 11.6. The number of nitrogens with zero attached hydrogens (tertiary/aromatic N) is 1. The van der Waals surface area contributed by atoms with Gasteiger partial charge in [0, 0.05) is 31.1 Å². The van der Waals surface area contributed by atoms with E-state index in [2.05, 4.69) is 5.32 Å². The number of hydrogen-bond acceptors (Lipinski definition) is 2. The number of nitrogens with one attached hydrogen (secondary N) is 1. The first kappa shape index (κ1) is 13.9. The van der Waals surface area contributed by atoms with E-state index in [0.29, 0.717) is 31.1 Å². The van der Waals surface area contributed by atoms with Gasteiger partial charge >= 0.3 is 0 Å². The Bertz CT molecular complexity index is 490. The number of carbonyl (C=O) groups excluding carboxylic acids is 2. The van der Waals surface area contributed by atoms with Crippen molar-refractivity contribution in [2.75, 3.05) is 13.1 Å². The van der Waals surface area contributed by atoms with Crippen molar-refractivity contribution < 1.29 is 9.59 Å². The van der Waals surface area contributed by atoms with Crippen molar-refractivity contribution in [2.45, 2.75) is 19.9 Å². The fourth-order valence-electron chi connectivity index (χ4n) is 2.24. The molecule has 1 aromatic carbocycles. The maximum Gasteiger partial charge on any atom is 0.228 e. The number of halogens is 1. The second-order valence-electron chi connectivity index (χ2n) is 4.69. The smallest absolute Gasteiger partial charge is 0.228 e. The molecule has 0 aromatic heterocycles. The maximum absolute atomic E-state index is 12.3. The minimum atomic E-state index is -0.230. The fraction of sp³-hybridized carbons (Fsp3) is 0.429. The van der Waals surface area contributed by atoms with Crippen LogP contribution >= 0.6 is 11.6 Å². The topological polar surface area (TPSA) is 49.4 Å². The first-order valence-corrected chi connectivity index (χ1v) is 6.78.